The van der Waals surface area contributed by atoms with E-state index in [0.717, 1.165) is 29.5 Å². The molecule has 7 heteroatoms. The molecule has 2 aliphatic heterocycles. The number of aliphatic imine (C=N–C) groups is 1. The third-order valence-electron chi connectivity index (χ3n) is 3.87. The van der Waals surface area contributed by atoms with Gasteiger partial charge in [0, 0.05) is 23.8 Å². The lowest BCUT2D eigenvalue weighted by atomic mass is 10.1. The molecule has 2 N–H and O–H groups in total. The standard InChI is InChI=1S/C17H14N4O2S/c22-15-13(2-1-7-18-15)16(23)20-12-5-3-11(4-6-12)14-10-24-17-19-8-9-21(14)17/h1-7,10H,8-9H2,(H,18,22)(H,20,23). The molecule has 24 heavy (non-hydrogen) atoms. The molecule has 2 aliphatic rings. The van der Waals surface area contributed by atoms with Gasteiger partial charge < -0.3 is 15.2 Å². The topological polar surface area (TPSA) is 77.6 Å². The molecule has 0 unspecified atom stereocenters. The minimum absolute atomic E-state index is 0.0920. The SMILES string of the molecule is O=C(Nc1ccc(C2=CSC3=NCCN23)cc1)c1ccc[nH]c1=O. The third-order valence-corrected chi connectivity index (χ3v) is 4.77. The summed E-state index contributed by atoms with van der Waals surface area (Å²) in [6, 6.07) is 10.7. The molecule has 6 nitrogen and oxygen atoms in total. The molecule has 1 aromatic carbocycles. The molecule has 0 bridgehead atoms. The number of aromatic amines is 1. The van der Waals surface area contributed by atoms with Gasteiger partial charge in [0.05, 0.1) is 12.2 Å². The maximum Gasteiger partial charge on any atom is 0.261 e. The van der Waals surface area contributed by atoms with Gasteiger partial charge in [0.2, 0.25) is 0 Å². The van der Waals surface area contributed by atoms with E-state index in [1.165, 1.54) is 12.3 Å². The first-order chi connectivity index (χ1) is 11.7. The second-order valence-electron chi connectivity index (χ2n) is 5.38. The lowest BCUT2D eigenvalue weighted by Crippen LogP contribution is -2.22. The highest BCUT2D eigenvalue weighted by Crippen LogP contribution is 2.35. The zero-order valence-corrected chi connectivity index (χ0v) is 13.5. The smallest absolute Gasteiger partial charge is 0.261 e. The van der Waals surface area contributed by atoms with Gasteiger partial charge in [-0.1, -0.05) is 23.9 Å². The lowest BCUT2D eigenvalue weighted by Gasteiger charge is -2.16. The Balaban J connectivity index is 1.51. The average molecular weight is 338 g/mol. The van der Waals surface area contributed by atoms with Crippen molar-refractivity contribution in [2.75, 3.05) is 18.4 Å². The number of benzene rings is 1. The van der Waals surface area contributed by atoms with E-state index in [1.54, 1.807) is 17.8 Å². The fourth-order valence-electron chi connectivity index (χ4n) is 2.67. The molecule has 0 spiro atoms. The van der Waals surface area contributed by atoms with Crippen LogP contribution in [-0.4, -0.2) is 34.0 Å². The highest BCUT2D eigenvalue weighted by atomic mass is 32.2. The number of thioether (sulfide) groups is 1. The number of H-pyrrole nitrogens is 1. The normalized spacial score (nSPS) is 15.8. The number of amidine groups is 1. The van der Waals surface area contributed by atoms with E-state index in [0.29, 0.717) is 5.69 Å². The third kappa shape index (κ3) is 2.63. The first-order valence-electron chi connectivity index (χ1n) is 7.51. The minimum Gasteiger partial charge on any atom is -0.328 e. The molecule has 2 aromatic rings. The number of pyridine rings is 1. The van der Waals surface area contributed by atoms with Crippen LogP contribution in [0.5, 0.6) is 0 Å². The van der Waals surface area contributed by atoms with Gasteiger partial charge in [0.1, 0.15) is 5.56 Å². The van der Waals surface area contributed by atoms with Crippen LogP contribution in [0.1, 0.15) is 15.9 Å². The van der Waals surface area contributed by atoms with Crippen LogP contribution >= 0.6 is 11.8 Å². The number of nitrogens with zero attached hydrogens (tertiary/aromatic N) is 2. The second kappa shape index (κ2) is 6.01. The number of hydrogen-bond acceptors (Lipinski definition) is 5. The number of hydrogen-bond donors (Lipinski definition) is 2. The predicted molar refractivity (Wildman–Crippen MR) is 96.0 cm³/mol. The Morgan fingerprint density at radius 1 is 1.25 bits per heavy atom. The van der Waals surface area contributed by atoms with Crippen molar-refractivity contribution in [1.29, 1.82) is 0 Å². The average Bonchev–Trinajstić information content (AvgIpc) is 3.19. The van der Waals surface area contributed by atoms with Crippen LogP contribution in [0.25, 0.3) is 5.70 Å². The van der Waals surface area contributed by atoms with E-state index in [4.69, 9.17) is 0 Å². The van der Waals surface area contributed by atoms with Crippen molar-refractivity contribution in [3.05, 3.63) is 69.5 Å². The maximum absolute atomic E-state index is 12.2. The number of nitrogens with one attached hydrogen (secondary N) is 2. The summed E-state index contributed by atoms with van der Waals surface area (Å²) in [6.07, 6.45) is 1.50. The van der Waals surface area contributed by atoms with Gasteiger partial charge in [0.25, 0.3) is 11.5 Å². The molecule has 0 saturated carbocycles. The zero-order valence-electron chi connectivity index (χ0n) is 12.7. The van der Waals surface area contributed by atoms with Crippen LogP contribution in [0.15, 0.2) is 57.8 Å². The minimum atomic E-state index is -0.422. The van der Waals surface area contributed by atoms with E-state index in [-0.39, 0.29) is 5.56 Å². The molecule has 0 aliphatic carbocycles. The van der Waals surface area contributed by atoms with E-state index < -0.39 is 11.5 Å². The Hall–Kier alpha value is -2.80. The van der Waals surface area contributed by atoms with Crippen molar-refractivity contribution < 1.29 is 4.79 Å². The fraction of sp³-hybridized carbons (Fsp3) is 0.118. The Morgan fingerprint density at radius 3 is 2.88 bits per heavy atom. The van der Waals surface area contributed by atoms with Crippen LogP contribution in [0.2, 0.25) is 0 Å². The molecule has 0 saturated heterocycles. The van der Waals surface area contributed by atoms with Crippen molar-refractivity contribution in [2.45, 2.75) is 0 Å². The lowest BCUT2D eigenvalue weighted by molar-refractivity contribution is 0.102. The van der Waals surface area contributed by atoms with E-state index in [2.05, 4.69) is 25.6 Å². The summed E-state index contributed by atoms with van der Waals surface area (Å²) < 4.78 is 0. The summed E-state index contributed by atoms with van der Waals surface area (Å²) in [5, 5.41) is 5.88. The molecular formula is C17H14N4O2S. The number of amides is 1. The summed E-state index contributed by atoms with van der Waals surface area (Å²) in [6.45, 7) is 1.74. The number of rotatable bonds is 3. The van der Waals surface area contributed by atoms with Crippen molar-refractivity contribution in [3.63, 3.8) is 0 Å². The van der Waals surface area contributed by atoms with Gasteiger partial charge in [-0.15, -0.1) is 0 Å². The molecule has 0 radical (unpaired) electrons. The van der Waals surface area contributed by atoms with Gasteiger partial charge in [-0.25, -0.2) is 0 Å². The first-order valence-corrected chi connectivity index (χ1v) is 8.39. The largest absolute Gasteiger partial charge is 0.328 e. The van der Waals surface area contributed by atoms with Crippen molar-refractivity contribution >= 4 is 34.2 Å². The van der Waals surface area contributed by atoms with E-state index >= 15 is 0 Å². The highest BCUT2D eigenvalue weighted by molar-refractivity contribution is 8.16. The van der Waals surface area contributed by atoms with E-state index in [1.807, 2.05) is 24.3 Å². The van der Waals surface area contributed by atoms with Crippen LogP contribution in [0.3, 0.4) is 0 Å². The predicted octanol–water partition coefficient (Wildman–Crippen LogP) is 2.34. The molecule has 1 amide bonds. The molecule has 1 aromatic heterocycles. The molecule has 0 atom stereocenters. The zero-order chi connectivity index (χ0) is 16.5. The number of carbonyl (C=O) groups excluding carboxylic acids is 1. The Labute approximate surface area is 142 Å². The Kier molecular flexibility index (Phi) is 3.70. The summed E-state index contributed by atoms with van der Waals surface area (Å²) in [5.41, 5.74) is 2.54. The summed E-state index contributed by atoms with van der Waals surface area (Å²) in [5.74, 6) is -0.422. The van der Waals surface area contributed by atoms with Crippen LogP contribution < -0.4 is 10.9 Å². The van der Waals surface area contributed by atoms with Crippen molar-refractivity contribution in [3.8, 4) is 0 Å². The Bertz CT molecular complexity index is 915. The molecular weight excluding hydrogens is 324 g/mol. The molecule has 0 fully saturated rings. The van der Waals surface area contributed by atoms with Gasteiger partial charge in [-0.2, -0.15) is 0 Å². The number of fused-ring (bicyclic) bond motifs is 1. The van der Waals surface area contributed by atoms with Crippen molar-refractivity contribution in [1.82, 2.24) is 9.88 Å². The highest BCUT2D eigenvalue weighted by Gasteiger charge is 2.26. The second-order valence-corrected chi connectivity index (χ2v) is 6.22. The van der Waals surface area contributed by atoms with Gasteiger partial charge in [0.15, 0.2) is 5.17 Å². The fourth-order valence-corrected chi connectivity index (χ4v) is 3.63. The number of anilines is 1. The summed E-state index contributed by atoms with van der Waals surface area (Å²) >= 11 is 1.64. The van der Waals surface area contributed by atoms with Crippen LogP contribution in [-0.2, 0) is 0 Å². The Morgan fingerprint density at radius 2 is 2.08 bits per heavy atom. The van der Waals surface area contributed by atoms with Gasteiger partial charge in [-0.05, 0) is 29.8 Å². The summed E-state index contributed by atoms with van der Waals surface area (Å²) in [7, 11) is 0. The summed E-state index contributed by atoms with van der Waals surface area (Å²) in [4.78, 5) is 32.9. The van der Waals surface area contributed by atoms with Crippen molar-refractivity contribution in [2.24, 2.45) is 4.99 Å². The number of carbonyl (C=O) groups is 1. The number of aromatic nitrogens is 1. The first kappa shape index (κ1) is 14.8. The van der Waals surface area contributed by atoms with Gasteiger partial charge in [-0.3, -0.25) is 14.6 Å². The van der Waals surface area contributed by atoms with Crippen LogP contribution in [0, 0.1) is 0 Å². The van der Waals surface area contributed by atoms with Crippen LogP contribution in [0.4, 0.5) is 5.69 Å². The molecule has 4 rings (SSSR count). The van der Waals surface area contributed by atoms with Gasteiger partial charge >= 0.3 is 0 Å². The molecule has 120 valence electrons. The van der Waals surface area contributed by atoms with E-state index in [9.17, 15) is 9.59 Å². The molecule has 3 heterocycles. The maximum atomic E-state index is 12.2. The quantitative estimate of drug-likeness (QED) is 0.900. The monoisotopic (exact) mass is 338 g/mol.